The summed E-state index contributed by atoms with van der Waals surface area (Å²) in [5.41, 5.74) is 3.48. The Morgan fingerprint density at radius 3 is 2.62 bits per heavy atom. The minimum atomic E-state index is -0.233. The lowest BCUT2D eigenvalue weighted by Gasteiger charge is -2.14. The van der Waals surface area contributed by atoms with Crippen LogP contribution < -0.4 is 10.2 Å². The van der Waals surface area contributed by atoms with E-state index in [-0.39, 0.29) is 5.91 Å². The summed E-state index contributed by atoms with van der Waals surface area (Å²) in [4.78, 5) is 18.7. The minimum absolute atomic E-state index is 0.233. The molecule has 0 radical (unpaired) electrons. The first-order valence-corrected chi connectivity index (χ1v) is 8.24. The van der Waals surface area contributed by atoms with Gasteiger partial charge in [0.25, 0.3) is 5.91 Å². The zero-order valence-electron chi connectivity index (χ0n) is 15.6. The van der Waals surface area contributed by atoms with Gasteiger partial charge in [-0.25, -0.2) is 0 Å². The second-order valence-electron chi connectivity index (χ2n) is 6.30. The van der Waals surface area contributed by atoms with Crippen LogP contribution in [0.15, 0.2) is 29.0 Å². The van der Waals surface area contributed by atoms with Crippen molar-refractivity contribution in [3.05, 3.63) is 47.1 Å². The van der Waals surface area contributed by atoms with Gasteiger partial charge in [-0.1, -0.05) is 5.16 Å². The molecule has 1 N–H and O–H groups in total. The third-order valence-electron chi connectivity index (χ3n) is 4.14. The number of pyridine rings is 1. The quantitative estimate of drug-likeness (QED) is 0.755. The second-order valence-corrected chi connectivity index (χ2v) is 6.30. The van der Waals surface area contributed by atoms with E-state index in [4.69, 9.17) is 4.52 Å². The highest BCUT2D eigenvalue weighted by Gasteiger charge is 2.27. The van der Waals surface area contributed by atoms with Crippen LogP contribution in [0.4, 0.5) is 5.82 Å². The number of carbonyl (C=O) groups is 1. The van der Waals surface area contributed by atoms with E-state index >= 15 is 0 Å². The summed E-state index contributed by atoms with van der Waals surface area (Å²) in [6.07, 6.45) is 3.39. The second kappa shape index (κ2) is 6.99. The molecule has 0 spiro atoms. The maximum absolute atomic E-state index is 12.8. The number of amides is 1. The molecule has 0 unspecified atom stereocenters. The fraction of sp³-hybridized carbons (Fsp3) is 0.333. The van der Waals surface area contributed by atoms with Crippen LogP contribution in [0.5, 0.6) is 0 Å². The summed E-state index contributed by atoms with van der Waals surface area (Å²) in [6.45, 7) is 4.03. The summed E-state index contributed by atoms with van der Waals surface area (Å²) in [5.74, 6) is 1.10. The molecule has 3 heterocycles. The predicted octanol–water partition coefficient (Wildman–Crippen LogP) is 2.08. The molecule has 8 nitrogen and oxygen atoms in total. The fourth-order valence-corrected chi connectivity index (χ4v) is 3.02. The van der Waals surface area contributed by atoms with Gasteiger partial charge in [0.05, 0.1) is 11.3 Å². The molecule has 0 aliphatic carbocycles. The van der Waals surface area contributed by atoms with Crippen molar-refractivity contribution in [1.82, 2.24) is 25.2 Å². The number of hydrogen-bond donors (Lipinski definition) is 1. The monoisotopic (exact) mass is 354 g/mol. The van der Waals surface area contributed by atoms with E-state index in [1.54, 1.807) is 24.0 Å². The van der Waals surface area contributed by atoms with Crippen molar-refractivity contribution in [2.45, 2.75) is 20.4 Å². The van der Waals surface area contributed by atoms with Gasteiger partial charge in [-0.2, -0.15) is 5.10 Å². The number of hydrogen-bond acceptors (Lipinski definition) is 6. The van der Waals surface area contributed by atoms with Crippen LogP contribution in [-0.4, -0.2) is 39.9 Å². The number of nitrogens with one attached hydrogen (secondary N) is 1. The summed E-state index contributed by atoms with van der Waals surface area (Å²) in [6, 6.07) is 3.72. The van der Waals surface area contributed by atoms with E-state index < -0.39 is 0 Å². The lowest BCUT2D eigenvalue weighted by atomic mass is 10.1. The number of anilines is 1. The molecule has 3 aromatic heterocycles. The third kappa shape index (κ3) is 3.17. The zero-order chi connectivity index (χ0) is 18.8. The largest absolute Gasteiger partial charge is 0.362 e. The number of nitrogens with zero attached hydrogens (tertiary/aromatic N) is 5. The van der Waals surface area contributed by atoms with Gasteiger partial charge in [-0.05, 0) is 31.5 Å². The minimum Gasteiger partial charge on any atom is -0.362 e. The number of rotatable bonds is 5. The van der Waals surface area contributed by atoms with E-state index in [1.807, 2.05) is 45.1 Å². The molecule has 3 aromatic rings. The molecular formula is C18H22N6O2. The van der Waals surface area contributed by atoms with E-state index in [9.17, 15) is 4.79 Å². The molecule has 26 heavy (non-hydrogen) atoms. The third-order valence-corrected chi connectivity index (χ3v) is 4.14. The van der Waals surface area contributed by atoms with Gasteiger partial charge in [-0.3, -0.25) is 14.5 Å². The Balaban J connectivity index is 1.96. The molecule has 0 aliphatic rings. The van der Waals surface area contributed by atoms with Crippen molar-refractivity contribution in [2.75, 3.05) is 19.0 Å². The van der Waals surface area contributed by atoms with Gasteiger partial charge in [0.15, 0.2) is 0 Å². The lowest BCUT2D eigenvalue weighted by molar-refractivity contribution is 0.0950. The van der Waals surface area contributed by atoms with Crippen LogP contribution in [-0.2, 0) is 13.6 Å². The highest BCUT2D eigenvalue weighted by Crippen LogP contribution is 2.35. The van der Waals surface area contributed by atoms with Gasteiger partial charge in [-0.15, -0.1) is 0 Å². The molecule has 0 aliphatic heterocycles. The first-order valence-electron chi connectivity index (χ1n) is 8.24. The van der Waals surface area contributed by atoms with Gasteiger partial charge in [0, 0.05) is 40.1 Å². The summed E-state index contributed by atoms with van der Waals surface area (Å²) >= 11 is 0. The summed E-state index contributed by atoms with van der Waals surface area (Å²) in [5, 5.41) is 11.5. The van der Waals surface area contributed by atoms with Crippen molar-refractivity contribution in [3.63, 3.8) is 0 Å². The van der Waals surface area contributed by atoms with Gasteiger partial charge in [0.1, 0.15) is 22.8 Å². The molecule has 0 saturated carbocycles. The maximum atomic E-state index is 12.8. The summed E-state index contributed by atoms with van der Waals surface area (Å²) < 4.78 is 7.12. The van der Waals surface area contributed by atoms with Crippen LogP contribution in [0.3, 0.4) is 0 Å². The molecule has 8 heteroatoms. The van der Waals surface area contributed by atoms with Crippen molar-refractivity contribution in [2.24, 2.45) is 7.05 Å². The van der Waals surface area contributed by atoms with Crippen molar-refractivity contribution >= 4 is 11.7 Å². The Morgan fingerprint density at radius 1 is 1.27 bits per heavy atom. The summed E-state index contributed by atoms with van der Waals surface area (Å²) in [7, 11) is 5.72. The number of aromatic nitrogens is 4. The first kappa shape index (κ1) is 17.7. The van der Waals surface area contributed by atoms with E-state index in [1.165, 1.54) is 0 Å². The molecular weight excluding hydrogens is 332 g/mol. The molecule has 0 aromatic carbocycles. The Bertz CT molecular complexity index is 927. The zero-order valence-corrected chi connectivity index (χ0v) is 15.6. The van der Waals surface area contributed by atoms with Crippen LogP contribution in [0.2, 0.25) is 0 Å². The smallest absolute Gasteiger partial charge is 0.257 e. The van der Waals surface area contributed by atoms with E-state index in [0.29, 0.717) is 23.6 Å². The van der Waals surface area contributed by atoms with Gasteiger partial charge >= 0.3 is 0 Å². The molecule has 0 bridgehead atoms. The van der Waals surface area contributed by atoms with Crippen molar-refractivity contribution < 1.29 is 9.32 Å². The van der Waals surface area contributed by atoms with Crippen LogP contribution in [0.1, 0.15) is 27.4 Å². The highest BCUT2D eigenvalue weighted by atomic mass is 16.5. The molecule has 0 atom stereocenters. The standard InChI is InChI=1S/C18H22N6O2/c1-11-14(18(23(3)4)24(5)21-11)16-15(12(2)26-22-16)17(25)20-10-13-6-8-19-9-7-13/h6-9H,10H2,1-5H3,(H,20,25). The Kier molecular flexibility index (Phi) is 4.75. The fourth-order valence-electron chi connectivity index (χ4n) is 3.02. The van der Waals surface area contributed by atoms with E-state index in [0.717, 1.165) is 22.6 Å². The Hall–Kier alpha value is -3.16. The van der Waals surface area contributed by atoms with Crippen LogP contribution in [0, 0.1) is 13.8 Å². The van der Waals surface area contributed by atoms with Crippen LogP contribution >= 0.6 is 0 Å². The molecule has 136 valence electrons. The normalized spacial score (nSPS) is 10.8. The average molecular weight is 354 g/mol. The average Bonchev–Trinajstić information content (AvgIpc) is 3.12. The lowest BCUT2D eigenvalue weighted by Crippen LogP contribution is -2.24. The molecule has 0 fully saturated rings. The molecule has 0 saturated heterocycles. The molecule has 3 rings (SSSR count). The highest BCUT2D eigenvalue weighted by molar-refractivity contribution is 6.02. The van der Waals surface area contributed by atoms with Gasteiger partial charge < -0.3 is 14.7 Å². The Morgan fingerprint density at radius 2 is 1.96 bits per heavy atom. The van der Waals surface area contributed by atoms with Crippen LogP contribution in [0.25, 0.3) is 11.3 Å². The number of aryl methyl sites for hydroxylation is 3. The van der Waals surface area contributed by atoms with Crippen molar-refractivity contribution in [3.8, 4) is 11.3 Å². The Labute approximate surface area is 151 Å². The number of carbonyl (C=O) groups excluding carboxylic acids is 1. The SMILES string of the molecule is Cc1nn(C)c(N(C)C)c1-c1noc(C)c1C(=O)NCc1ccncc1. The molecule has 1 amide bonds. The van der Waals surface area contributed by atoms with Gasteiger partial charge in [0.2, 0.25) is 0 Å². The van der Waals surface area contributed by atoms with E-state index in [2.05, 4.69) is 20.6 Å². The van der Waals surface area contributed by atoms with Crippen molar-refractivity contribution in [1.29, 1.82) is 0 Å². The maximum Gasteiger partial charge on any atom is 0.257 e. The predicted molar refractivity (Wildman–Crippen MR) is 97.9 cm³/mol. The first-order chi connectivity index (χ1) is 12.4. The topological polar surface area (TPSA) is 89.1 Å².